The highest BCUT2D eigenvalue weighted by Crippen LogP contribution is 2.20. The van der Waals surface area contributed by atoms with Crippen molar-refractivity contribution >= 4 is 17.3 Å². The highest BCUT2D eigenvalue weighted by molar-refractivity contribution is 6.33. The van der Waals surface area contributed by atoms with Gasteiger partial charge in [-0.2, -0.15) is 0 Å². The number of hydrogen-bond donors (Lipinski definition) is 2. The Balaban J connectivity index is 2.28. The summed E-state index contributed by atoms with van der Waals surface area (Å²) < 4.78 is 5.12. The van der Waals surface area contributed by atoms with Crippen molar-refractivity contribution in [1.82, 2.24) is 0 Å². The maximum Gasteiger partial charge on any atom is 0.0945 e. The SMILES string of the molecule is C=CCOCC(O)CNc1ccccc1Cl. The quantitative estimate of drug-likeness (QED) is 0.569. The third kappa shape index (κ3) is 4.66. The number of anilines is 1. The van der Waals surface area contributed by atoms with Crippen LogP contribution in [0.4, 0.5) is 5.69 Å². The summed E-state index contributed by atoms with van der Waals surface area (Å²) in [5, 5.41) is 13.3. The molecule has 0 saturated carbocycles. The Hall–Kier alpha value is -1.03. The van der Waals surface area contributed by atoms with Crippen LogP contribution in [0.25, 0.3) is 0 Å². The van der Waals surface area contributed by atoms with Gasteiger partial charge in [-0.05, 0) is 12.1 Å². The highest BCUT2D eigenvalue weighted by atomic mass is 35.5. The third-order valence-corrected chi connectivity index (χ3v) is 2.28. The van der Waals surface area contributed by atoms with E-state index in [0.717, 1.165) is 5.69 Å². The number of aliphatic hydroxyl groups excluding tert-OH is 1. The zero-order chi connectivity index (χ0) is 11.8. The Morgan fingerprint density at radius 1 is 1.50 bits per heavy atom. The van der Waals surface area contributed by atoms with E-state index in [1.165, 1.54) is 0 Å². The molecule has 88 valence electrons. The third-order valence-electron chi connectivity index (χ3n) is 1.95. The molecule has 0 heterocycles. The monoisotopic (exact) mass is 241 g/mol. The molecule has 1 rings (SSSR count). The number of halogens is 1. The molecule has 0 spiro atoms. The van der Waals surface area contributed by atoms with E-state index in [0.29, 0.717) is 18.2 Å². The minimum absolute atomic E-state index is 0.281. The van der Waals surface area contributed by atoms with Gasteiger partial charge in [-0.25, -0.2) is 0 Å². The zero-order valence-corrected chi connectivity index (χ0v) is 9.78. The summed E-state index contributed by atoms with van der Waals surface area (Å²) in [5.41, 5.74) is 0.812. The summed E-state index contributed by atoms with van der Waals surface area (Å²) in [4.78, 5) is 0. The van der Waals surface area contributed by atoms with E-state index in [1.807, 2.05) is 18.2 Å². The van der Waals surface area contributed by atoms with Crippen LogP contribution in [0.15, 0.2) is 36.9 Å². The van der Waals surface area contributed by atoms with Crippen molar-refractivity contribution in [3.8, 4) is 0 Å². The number of rotatable bonds is 7. The van der Waals surface area contributed by atoms with E-state index < -0.39 is 6.10 Å². The Morgan fingerprint density at radius 2 is 2.25 bits per heavy atom. The molecule has 0 saturated heterocycles. The van der Waals surface area contributed by atoms with Crippen LogP contribution < -0.4 is 5.32 Å². The van der Waals surface area contributed by atoms with E-state index in [4.69, 9.17) is 16.3 Å². The molecule has 2 N–H and O–H groups in total. The fourth-order valence-corrected chi connectivity index (χ4v) is 1.38. The Morgan fingerprint density at radius 3 is 2.94 bits per heavy atom. The fraction of sp³-hybridized carbons (Fsp3) is 0.333. The molecule has 16 heavy (non-hydrogen) atoms. The summed E-state index contributed by atoms with van der Waals surface area (Å²) in [6.45, 7) is 4.66. The van der Waals surface area contributed by atoms with Crippen LogP contribution in [0.1, 0.15) is 0 Å². The lowest BCUT2D eigenvalue weighted by atomic mass is 10.3. The lowest BCUT2D eigenvalue weighted by Crippen LogP contribution is -2.24. The van der Waals surface area contributed by atoms with E-state index >= 15 is 0 Å². The van der Waals surface area contributed by atoms with Crippen LogP contribution in [0.5, 0.6) is 0 Å². The smallest absolute Gasteiger partial charge is 0.0945 e. The average molecular weight is 242 g/mol. The molecule has 4 heteroatoms. The number of benzene rings is 1. The van der Waals surface area contributed by atoms with E-state index in [2.05, 4.69) is 11.9 Å². The number of aliphatic hydroxyl groups is 1. The summed E-state index contributed by atoms with van der Waals surface area (Å²) in [6, 6.07) is 7.40. The van der Waals surface area contributed by atoms with Gasteiger partial charge in [0.2, 0.25) is 0 Å². The molecule has 0 bridgehead atoms. The van der Waals surface area contributed by atoms with Crippen molar-refractivity contribution in [2.45, 2.75) is 6.10 Å². The van der Waals surface area contributed by atoms with Crippen molar-refractivity contribution in [1.29, 1.82) is 0 Å². The van der Waals surface area contributed by atoms with Gasteiger partial charge in [-0.3, -0.25) is 0 Å². The second kappa shape index (κ2) is 7.28. The van der Waals surface area contributed by atoms with Crippen LogP contribution in [0, 0.1) is 0 Å². The predicted molar refractivity (Wildman–Crippen MR) is 67.0 cm³/mol. The van der Waals surface area contributed by atoms with Gasteiger partial charge in [-0.1, -0.05) is 29.8 Å². The van der Waals surface area contributed by atoms with Crippen molar-refractivity contribution in [2.75, 3.05) is 25.1 Å². The van der Waals surface area contributed by atoms with Crippen LogP contribution in [-0.4, -0.2) is 31.0 Å². The molecule has 1 unspecified atom stereocenters. The molecule has 1 aromatic carbocycles. The van der Waals surface area contributed by atoms with Crippen LogP contribution in [-0.2, 0) is 4.74 Å². The lowest BCUT2D eigenvalue weighted by Gasteiger charge is -2.13. The number of nitrogens with one attached hydrogen (secondary N) is 1. The first-order valence-corrected chi connectivity index (χ1v) is 5.47. The van der Waals surface area contributed by atoms with Gasteiger partial charge >= 0.3 is 0 Å². The summed E-state index contributed by atoms with van der Waals surface area (Å²) >= 11 is 5.95. The van der Waals surface area contributed by atoms with E-state index in [1.54, 1.807) is 12.1 Å². The first kappa shape index (κ1) is 13.0. The Kier molecular flexibility index (Phi) is 5.93. The summed E-state index contributed by atoms with van der Waals surface area (Å²) in [6.07, 6.45) is 1.09. The lowest BCUT2D eigenvalue weighted by molar-refractivity contribution is 0.0566. The van der Waals surface area contributed by atoms with Gasteiger partial charge in [0.05, 0.1) is 30.0 Å². The van der Waals surface area contributed by atoms with E-state index in [9.17, 15) is 5.11 Å². The van der Waals surface area contributed by atoms with Crippen molar-refractivity contribution in [3.63, 3.8) is 0 Å². The maximum absolute atomic E-state index is 9.56. The maximum atomic E-state index is 9.56. The molecule has 0 aliphatic rings. The molecular weight excluding hydrogens is 226 g/mol. The minimum Gasteiger partial charge on any atom is -0.389 e. The summed E-state index contributed by atoms with van der Waals surface area (Å²) in [5.74, 6) is 0. The van der Waals surface area contributed by atoms with Crippen LogP contribution in [0.2, 0.25) is 5.02 Å². The molecule has 1 atom stereocenters. The van der Waals surface area contributed by atoms with Gasteiger partial charge in [0.25, 0.3) is 0 Å². The Labute approximate surface area is 101 Å². The largest absolute Gasteiger partial charge is 0.389 e. The second-order valence-corrected chi connectivity index (χ2v) is 3.75. The first-order valence-electron chi connectivity index (χ1n) is 5.09. The van der Waals surface area contributed by atoms with Gasteiger partial charge in [0.15, 0.2) is 0 Å². The first-order chi connectivity index (χ1) is 7.74. The van der Waals surface area contributed by atoms with Crippen molar-refractivity contribution in [3.05, 3.63) is 41.9 Å². The van der Waals surface area contributed by atoms with Gasteiger partial charge in [0, 0.05) is 6.54 Å². The van der Waals surface area contributed by atoms with Gasteiger partial charge in [-0.15, -0.1) is 6.58 Å². The van der Waals surface area contributed by atoms with Crippen molar-refractivity contribution < 1.29 is 9.84 Å². The van der Waals surface area contributed by atoms with Gasteiger partial charge in [0.1, 0.15) is 0 Å². The molecule has 1 aromatic rings. The van der Waals surface area contributed by atoms with Crippen LogP contribution in [0.3, 0.4) is 0 Å². The molecule has 0 aliphatic heterocycles. The number of ether oxygens (including phenoxy) is 1. The minimum atomic E-state index is -0.559. The molecule has 0 aliphatic carbocycles. The fourth-order valence-electron chi connectivity index (χ4n) is 1.18. The number of para-hydroxylation sites is 1. The van der Waals surface area contributed by atoms with E-state index in [-0.39, 0.29) is 6.61 Å². The normalized spacial score (nSPS) is 12.1. The van der Waals surface area contributed by atoms with Crippen molar-refractivity contribution in [2.24, 2.45) is 0 Å². The molecule has 0 amide bonds. The Bertz CT molecular complexity index is 331. The molecule has 0 fully saturated rings. The zero-order valence-electron chi connectivity index (χ0n) is 9.03. The topological polar surface area (TPSA) is 41.5 Å². The van der Waals surface area contributed by atoms with Crippen LogP contribution >= 0.6 is 11.6 Å². The molecule has 0 radical (unpaired) electrons. The second-order valence-electron chi connectivity index (χ2n) is 3.34. The number of hydrogen-bond acceptors (Lipinski definition) is 3. The standard InChI is InChI=1S/C12H16ClNO2/c1-2-7-16-9-10(15)8-14-12-6-4-3-5-11(12)13/h2-6,10,14-15H,1,7-9H2. The van der Waals surface area contributed by atoms with Gasteiger partial charge < -0.3 is 15.2 Å². The summed E-state index contributed by atoms with van der Waals surface area (Å²) in [7, 11) is 0. The highest BCUT2D eigenvalue weighted by Gasteiger charge is 2.04. The molecule has 0 aromatic heterocycles. The molecule has 3 nitrogen and oxygen atoms in total. The average Bonchev–Trinajstić information content (AvgIpc) is 2.28. The predicted octanol–water partition coefficient (Wildman–Crippen LogP) is 2.32. The molecular formula is C12H16ClNO2.